The van der Waals surface area contributed by atoms with E-state index < -0.39 is 5.97 Å². The average molecular weight is 484 g/mol. The standard InChI is InChI=1S/C16H26N4O.C6H13NO2S.CH2O/c1-2-13-5-7-19(10-13)11-15-4-3-6-20(15)16(21)8-14-9-17-12-18-14;1-7-5(6(8)9)3-4-10-2;1-2/h9,12-13,15H,2-8,10-11H2,1H3,(H,17,18);5,7H,3-4H2,1-2H3,(H,8,9);1H2/t13-,15?;5-;/m00./s1. The summed E-state index contributed by atoms with van der Waals surface area (Å²) in [5.41, 5.74) is 0.915. The fourth-order valence-electron chi connectivity index (χ4n) is 4.34. The summed E-state index contributed by atoms with van der Waals surface area (Å²) >= 11 is 1.66. The van der Waals surface area contributed by atoms with Gasteiger partial charge in [-0.2, -0.15) is 11.8 Å². The molecule has 1 unspecified atom stereocenters. The molecule has 0 aliphatic carbocycles. The summed E-state index contributed by atoms with van der Waals surface area (Å²) in [5.74, 6) is 1.22. The van der Waals surface area contributed by atoms with Gasteiger partial charge in [0.05, 0.1) is 12.7 Å². The Morgan fingerprint density at radius 2 is 2.12 bits per heavy atom. The van der Waals surface area contributed by atoms with E-state index in [2.05, 4.69) is 32.0 Å². The summed E-state index contributed by atoms with van der Waals surface area (Å²) in [7, 11) is 1.67. The highest BCUT2D eigenvalue weighted by molar-refractivity contribution is 7.98. The Hall–Kier alpha value is -1.91. The molecule has 0 saturated carbocycles. The first-order chi connectivity index (χ1) is 16.0. The van der Waals surface area contributed by atoms with Crippen molar-refractivity contribution in [2.45, 2.75) is 57.5 Å². The highest BCUT2D eigenvalue weighted by atomic mass is 32.2. The predicted octanol–water partition coefficient (Wildman–Crippen LogP) is 1.90. The minimum Gasteiger partial charge on any atom is -0.480 e. The van der Waals surface area contributed by atoms with Crippen molar-refractivity contribution in [3.63, 3.8) is 0 Å². The zero-order valence-corrected chi connectivity index (χ0v) is 21.1. The molecule has 3 rings (SSSR count). The summed E-state index contributed by atoms with van der Waals surface area (Å²) < 4.78 is 0. The molecule has 1 aromatic rings. The number of carboxylic acids is 1. The minimum absolute atomic E-state index is 0.244. The topological polar surface area (TPSA) is 119 Å². The lowest BCUT2D eigenvalue weighted by Gasteiger charge is -2.28. The summed E-state index contributed by atoms with van der Waals surface area (Å²) in [6.07, 6.45) is 11.4. The predicted molar refractivity (Wildman–Crippen MR) is 132 cm³/mol. The van der Waals surface area contributed by atoms with E-state index in [1.165, 1.54) is 25.9 Å². The first-order valence-corrected chi connectivity index (χ1v) is 13.0. The van der Waals surface area contributed by atoms with Gasteiger partial charge in [0, 0.05) is 37.6 Å². The van der Waals surface area contributed by atoms with Gasteiger partial charge in [0.2, 0.25) is 5.91 Å². The molecule has 0 spiro atoms. The van der Waals surface area contributed by atoms with Gasteiger partial charge in [-0.05, 0) is 57.2 Å². The molecule has 33 heavy (non-hydrogen) atoms. The van der Waals surface area contributed by atoms with Gasteiger partial charge < -0.3 is 30.0 Å². The third-order valence-corrected chi connectivity index (χ3v) is 6.91. The van der Waals surface area contributed by atoms with Crippen molar-refractivity contribution in [3.05, 3.63) is 18.2 Å². The Morgan fingerprint density at radius 3 is 2.67 bits per heavy atom. The van der Waals surface area contributed by atoms with E-state index in [1.807, 2.05) is 13.0 Å². The lowest BCUT2D eigenvalue weighted by Crippen LogP contribution is -2.43. The number of hydrogen-bond acceptors (Lipinski definition) is 7. The maximum Gasteiger partial charge on any atom is 0.320 e. The molecule has 188 valence electrons. The number of rotatable bonds is 10. The number of nitrogens with zero attached hydrogens (tertiary/aromatic N) is 3. The number of H-pyrrole nitrogens is 1. The Morgan fingerprint density at radius 1 is 1.36 bits per heavy atom. The number of likely N-dealkylation sites (tertiary alicyclic amines) is 2. The molecule has 0 aromatic carbocycles. The van der Waals surface area contributed by atoms with Crippen LogP contribution in [0.5, 0.6) is 0 Å². The molecule has 2 saturated heterocycles. The maximum atomic E-state index is 12.5. The van der Waals surface area contributed by atoms with Crippen LogP contribution in [0.1, 0.15) is 44.7 Å². The number of nitrogens with one attached hydrogen (secondary N) is 2. The van der Waals surface area contributed by atoms with Crippen molar-refractivity contribution in [1.29, 1.82) is 0 Å². The Bertz CT molecular complexity index is 676. The van der Waals surface area contributed by atoms with E-state index >= 15 is 0 Å². The number of likely N-dealkylation sites (N-methyl/N-ethyl adjacent to an activating group) is 1. The van der Waals surface area contributed by atoms with E-state index in [9.17, 15) is 9.59 Å². The van der Waals surface area contributed by atoms with E-state index in [1.54, 1.807) is 31.3 Å². The van der Waals surface area contributed by atoms with Crippen LogP contribution >= 0.6 is 11.8 Å². The molecule has 1 aromatic heterocycles. The quantitative estimate of drug-likeness (QED) is 0.462. The zero-order chi connectivity index (χ0) is 24.6. The van der Waals surface area contributed by atoms with Crippen LogP contribution in [0.4, 0.5) is 0 Å². The fourth-order valence-corrected chi connectivity index (χ4v) is 4.81. The number of carboxylic acid groups (broad SMARTS) is 1. The lowest BCUT2D eigenvalue weighted by molar-refractivity contribution is -0.139. The van der Waals surface area contributed by atoms with E-state index in [0.29, 0.717) is 18.9 Å². The van der Waals surface area contributed by atoms with Gasteiger partial charge >= 0.3 is 5.97 Å². The molecule has 3 heterocycles. The van der Waals surface area contributed by atoms with Crippen molar-refractivity contribution < 1.29 is 19.5 Å². The molecule has 0 bridgehead atoms. The smallest absolute Gasteiger partial charge is 0.320 e. The molecule has 2 fully saturated rings. The van der Waals surface area contributed by atoms with E-state index in [-0.39, 0.29) is 11.9 Å². The molecule has 1 amide bonds. The summed E-state index contributed by atoms with van der Waals surface area (Å²) in [5, 5.41) is 11.3. The molecule has 10 heteroatoms. The van der Waals surface area contributed by atoms with E-state index in [0.717, 1.165) is 43.3 Å². The maximum absolute atomic E-state index is 12.5. The largest absolute Gasteiger partial charge is 0.480 e. The molecule has 2 aliphatic heterocycles. The fraction of sp³-hybridized carbons (Fsp3) is 0.739. The van der Waals surface area contributed by atoms with E-state index in [4.69, 9.17) is 9.90 Å². The highest BCUT2D eigenvalue weighted by Crippen LogP contribution is 2.24. The van der Waals surface area contributed by atoms with Gasteiger partial charge in [0.25, 0.3) is 0 Å². The molecule has 2 aliphatic rings. The number of carbonyl (C=O) groups excluding carboxylic acids is 2. The van der Waals surface area contributed by atoms with Crippen LogP contribution in [0.3, 0.4) is 0 Å². The molecular formula is C23H41N5O4S. The van der Waals surface area contributed by atoms with Crippen LogP contribution in [-0.2, 0) is 20.8 Å². The van der Waals surface area contributed by atoms with Gasteiger partial charge in [-0.15, -0.1) is 0 Å². The molecule has 9 nitrogen and oxygen atoms in total. The Balaban J connectivity index is 0.000000386. The van der Waals surface area contributed by atoms with Crippen LogP contribution in [0.25, 0.3) is 0 Å². The third-order valence-electron chi connectivity index (χ3n) is 6.27. The third kappa shape index (κ3) is 10.3. The first kappa shape index (κ1) is 29.1. The number of thioether (sulfide) groups is 1. The number of aromatic amines is 1. The number of hydrogen-bond donors (Lipinski definition) is 3. The molecular weight excluding hydrogens is 442 g/mol. The van der Waals surface area contributed by atoms with Gasteiger partial charge in [-0.25, -0.2) is 4.98 Å². The van der Waals surface area contributed by atoms with Gasteiger partial charge in [0.1, 0.15) is 12.8 Å². The van der Waals surface area contributed by atoms with Gasteiger partial charge in [0.15, 0.2) is 0 Å². The second-order valence-electron chi connectivity index (χ2n) is 8.42. The number of amides is 1. The summed E-state index contributed by atoms with van der Waals surface area (Å²) in [6.45, 7) is 8.69. The zero-order valence-electron chi connectivity index (χ0n) is 20.3. The molecule has 0 radical (unpaired) electrons. The normalized spacial score (nSPS) is 21.0. The number of aliphatic carboxylic acids is 1. The van der Waals surface area contributed by atoms with Crippen molar-refractivity contribution in [2.75, 3.05) is 45.2 Å². The summed E-state index contributed by atoms with van der Waals surface area (Å²) in [6, 6.07) is 0.0310. The van der Waals surface area contributed by atoms with Crippen LogP contribution in [0.2, 0.25) is 0 Å². The molecule has 3 atom stereocenters. The van der Waals surface area contributed by atoms with Crippen LogP contribution in [-0.4, -0.2) is 101 Å². The Labute approximate surface area is 202 Å². The van der Waals surface area contributed by atoms with Crippen LogP contribution < -0.4 is 5.32 Å². The SMILES string of the molecule is C=O.CC[C@H]1CCN(CC2CCCN2C(=O)Cc2cnc[nH]2)C1.CN[C@@H](CCSC)C(=O)O. The monoisotopic (exact) mass is 483 g/mol. The summed E-state index contributed by atoms with van der Waals surface area (Å²) in [4.78, 5) is 42.5. The van der Waals surface area contributed by atoms with Crippen molar-refractivity contribution in [2.24, 2.45) is 5.92 Å². The number of carbonyl (C=O) groups is 3. The minimum atomic E-state index is -0.767. The van der Waals surface area contributed by atoms with Crippen molar-refractivity contribution in [3.8, 4) is 0 Å². The first-order valence-electron chi connectivity index (χ1n) is 11.6. The van der Waals surface area contributed by atoms with Crippen LogP contribution in [0.15, 0.2) is 12.5 Å². The number of imidazole rings is 1. The van der Waals surface area contributed by atoms with Gasteiger partial charge in [-0.1, -0.05) is 13.3 Å². The van der Waals surface area contributed by atoms with Crippen LogP contribution in [0, 0.1) is 5.92 Å². The second kappa shape index (κ2) is 16.7. The average Bonchev–Trinajstić information content (AvgIpc) is 3.58. The van der Waals surface area contributed by atoms with Crippen molar-refractivity contribution in [1.82, 2.24) is 25.1 Å². The highest BCUT2D eigenvalue weighted by Gasteiger charge is 2.32. The lowest BCUT2D eigenvalue weighted by atomic mass is 10.1. The number of aromatic nitrogens is 2. The Kier molecular flexibility index (Phi) is 14.7. The van der Waals surface area contributed by atoms with Crippen molar-refractivity contribution >= 4 is 30.4 Å². The molecule has 3 N–H and O–H groups in total. The van der Waals surface area contributed by atoms with Gasteiger partial charge in [-0.3, -0.25) is 9.59 Å². The second-order valence-corrected chi connectivity index (χ2v) is 9.41.